The predicted molar refractivity (Wildman–Crippen MR) is 83.0 cm³/mol. The van der Waals surface area contributed by atoms with E-state index < -0.39 is 0 Å². The summed E-state index contributed by atoms with van der Waals surface area (Å²) in [6, 6.07) is 10.7. The van der Waals surface area contributed by atoms with Crippen molar-refractivity contribution in [2.75, 3.05) is 12.8 Å². The first-order valence-electron chi connectivity index (χ1n) is 6.37. The molecule has 1 aromatic heterocycles. The summed E-state index contributed by atoms with van der Waals surface area (Å²) >= 11 is 1.43. The normalized spacial score (nSPS) is 11.0. The van der Waals surface area contributed by atoms with Gasteiger partial charge in [0.2, 0.25) is 0 Å². The lowest BCUT2D eigenvalue weighted by Crippen LogP contribution is -1.95. The van der Waals surface area contributed by atoms with E-state index in [0.29, 0.717) is 11.3 Å². The van der Waals surface area contributed by atoms with Crippen molar-refractivity contribution >= 4 is 28.5 Å². The van der Waals surface area contributed by atoms with Gasteiger partial charge in [-0.25, -0.2) is 9.37 Å². The highest BCUT2D eigenvalue weighted by Gasteiger charge is 2.09. The van der Waals surface area contributed by atoms with Crippen molar-refractivity contribution in [1.29, 1.82) is 0 Å². The van der Waals surface area contributed by atoms with Gasteiger partial charge in [-0.05, 0) is 18.2 Å². The Labute approximate surface area is 125 Å². The maximum absolute atomic E-state index is 13.8. The Morgan fingerprint density at radius 3 is 3.00 bits per heavy atom. The fourth-order valence-electron chi connectivity index (χ4n) is 2.02. The minimum atomic E-state index is -0.359. The molecule has 0 atom stereocenters. The van der Waals surface area contributed by atoms with Gasteiger partial charge in [0.1, 0.15) is 11.6 Å². The summed E-state index contributed by atoms with van der Waals surface area (Å²) in [5.41, 5.74) is 8.04. The van der Waals surface area contributed by atoms with Crippen molar-refractivity contribution < 1.29 is 9.13 Å². The lowest BCUT2D eigenvalue weighted by atomic mass is 10.2. The second kappa shape index (κ2) is 5.65. The molecule has 0 bridgehead atoms. The lowest BCUT2D eigenvalue weighted by molar-refractivity contribution is 0.415. The van der Waals surface area contributed by atoms with Crippen LogP contribution in [0, 0.1) is 5.82 Å². The first-order chi connectivity index (χ1) is 10.2. The Bertz CT molecular complexity index is 788. The maximum Gasteiger partial charge on any atom is 0.166 e. The van der Waals surface area contributed by atoms with Crippen LogP contribution in [0.25, 0.3) is 11.0 Å². The molecule has 4 nitrogen and oxygen atoms in total. The Kier molecular flexibility index (Phi) is 3.70. The zero-order valence-corrected chi connectivity index (χ0v) is 12.2. The van der Waals surface area contributed by atoms with Gasteiger partial charge in [0.25, 0.3) is 0 Å². The molecule has 108 valence electrons. The van der Waals surface area contributed by atoms with Gasteiger partial charge in [0.05, 0.1) is 23.8 Å². The van der Waals surface area contributed by atoms with Crippen LogP contribution in [-0.2, 0) is 5.75 Å². The van der Waals surface area contributed by atoms with E-state index in [-0.39, 0.29) is 11.5 Å². The monoisotopic (exact) mass is 303 g/mol. The highest BCUT2D eigenvalue weighted by atomic mass is 32.2. The highest BCUT2D eigenvalue weighted by Crippen LogP contribution is 2.27. The highest BCUT2D eigenvalue weighted by molar-refractivity contribution is 7.98. The van der Waals surface area contributed by atoms with Gasteiger partial charge in [-0.2, -0.15) is 0 Å². The van der Waals surface area contributed by atoms with Crippen molar-refractivity contribution in [3.63, 3.8) is 0 Å². The van der Waals surface area contributed by atoms with E-state index in [1.165, 1.54) is 11.8 Å². The molecule has 3 rings (SSSR count). The molecule has 3 N–H and O–H groups in total. The first-order valence-corrected chi connectivity index (χ1v) is 7.35. The van der Waals surface area contributed by atoms with Crippen LogP contribution >= 0.6 is 11.8 Å². The van der Waals surface area contributed by atoms with Crippen LogP contribution in [0.2, 0.25) is 0 Å². The minimum absolute atomic E-state index is 0.169. The fraction of sp³-hybridized carbons (Fsp3) is 0.133. The number of nitrogens with two attached hydrogens (primary N) is 1. The van der Waals surface area contributed by atoms with Crippen molar-refractivity contribution in [2.45, 2.75) is 10.9 Å². The first kappa shape index (κ1) is 13.8. The summed E-state index contributed by atoms with van der Waals surface area (Å²) in [4.78, 5) is 7.65. The Hall–Kier alpha value is -2.21. The van der Waals surface area contributed by atoms with Gasteiger partial charge < -0.3 is 15.5 Å². The van der Waals surface area contributed by atoms with E-state index >= 15 is 0 Å². The van der Waals surface area contributed by atoms with Gasteiger partial charge in [0.15, 0.2) is 5.16 Å². The third-order valence-electron chi connectivity index (χ3n) is 3.14. The zero-order chi connectivity index (χ0) is 14.8. The molecule has 21 heavy (non-hydrogen) atoms. The zero-order valence-electron chi connectivity index (χ0n) is 11.4. The third-order valence-corrected chi connectivity index (χ3v) is 4.06. The number of nitrogens with zero attached hydrogens (tertiary/aromatic N) is 1. The number of H-pyrrole nitrogens is 1. The molecule has 0 radical (unpaired) electrons. The number of halogens is 1. The molecule has 0 spiro atoms. The fourth-order valence-corrected chi connectivity index (χ4v) is 2.88. The molecule has 3 aromatic rings. The number of fused-ring (bicyclic) bond motifs is 1. The van der Waals surface area contributed by atoms with Crippen molar-refractivity contribution in [3.8, 4) is 5.75 Å². The number of benzene rings is 2. The molecule has 6 heteroatoms. The Morgan fingerprint density at radius 1 is 1.33 bits per heavy atom. The summed E-state index contributed by atoms with van der Waals surface area (Å²) in [5, 5.41) is 0.736. The van der Waals surface area contributed by atoms with Crippen LogP contribution in [0.15, 0.2) is 41.6 Å². The maximum atomic E-state index is 13.8. The van der Waals surface area contributed by atoms with E-state index in [2.05, 4.69) is 9.97 Å². The largest absolute Gasteiger partial charge is 0.497 e. The van der Waals surface area contributed by atoms with E-state index in [4.69, 9.17) is 10.5 Å². The summed E-state index contributed by atoms with van der Waals surface area (Å²) < 4.78 is 19.0. The van der Waals surface area contributed by atoms with Gasteiger partial charge in [-0.15, -0.1) is 0 Å². The average molecular weight is 303 g/mol. The number of hydrogen-bond donors (Lipinski definition) is 2. The number of hydrogen-bond acceptors (Lipinski definition) is 4. The van der Waals surface area contributed by atoms with Crippen molar-refractivity contribution in [1.82, 2.24) is 9.97 Å². The smallest absolute Gasteiger partial charge is 0.166 e. The number of thioether (sulfide) groups is 1. The van der Waals surface area contributed by atoms with Crippen molar-refractivity contribution in [3.05, 3.63) is 47.8 Å². The molecule has 1 heterocycles. The predicted octanol–water partition coefficient (Wildman–Crippen LogP) is 3.59. The summed E-state index contributed by atoms with van der Waals surface area (Å²) in [6.07, 6.45) is 0. The van der Waals surface area contributed by atoms with E-state index in [1.54, 1.807) is 25.3 Å². The number of aromatic nitrogens is 2. The molecule has 0 aliphatic carbocycles. The molecular formula is C15H14FN3OS. The average Bonchev–Trinajstić information content (AvgIpc) is 2.90. The summed E-state index contributed by atoms with van der Waals surface area (Å²) in [5.74, 6) is 0.876. The van der Waals surface area contributed by atoms with E-state index in [9.17, 15) is 4.39 Å². The number of imidazole rings is 1. The van der Waals surface area contributed by atoms with Gasteiger partial charge in [-0.1, -0.05) is 23.9 Å². The van der Waals surface area contributed by atoms with E-state index in [0.717, 1.165) is 21.9 Å². The summed E-state index contributed by atoms with van der Waals surface area (Å²) in [7, 11) is 1.62. The van der Waals surface area contributed by atoms with E-state index in [1.807, 2.05) is 18.2 Å². The second-order valence-corrected chi connectivity index (χ2v) is 5.50. The lowest BCUT2D eigenvalue weighted by Gasteiger charge is -2.03. The van der Waals surface area contributed by atoms with Crippen LogP contribution in [0.4, 0.5) is 10.1 Å². The van der Waals surface area contributed by atoms with Gasteiger partial charge in [-0.3, -0.25) is 0 Å². The van der Waals surface area contributed by atoms with Crippen molar-refractivity contribution in [2.24, 2.45) is 0 Å². The molecule has 0 aliphatic rings. The Morgan fingerprint density at radius 2 is 2.19 bits per heavy atom. The molecule has 0 saturated heterocycles. The number of methoxy groups -OCH3 is 1. The van der Waals surface area contributed by atoms with Crippen LogP contribution in [-0.4, -0.2) is 17.1 Å². The SMILES string of the molecule is COc1ccc2nc(SCc3cccc(N)c3F)[nH]c2c1. The molecule has 0 unspecified atom stereocenters. The number of aromatic amines is 1. The molecular weight excluding hydrogens is 289 g/mol. The standard InChI is InChI=1S/C15H14FN3OS/c1-20-10-5-6-12-13(7-10)19-15(18-12)21-8-9-3-2-4-11(17)14(9)16/h2-7H,8,17H2,1H3,(H,18,19). The second-order valence-electron chi connectivity index (χ2n) is 4.53. The van der Waals surface area contributed by atoms with Crippen LogP contribution in [0.1, 0.15) is 5.56 Å². The number of nitrogen functional groups attached to an aromatic ring is 1. The van der Waals surface area contributed by atoms with Crippen LogP contribution in [0.5, 0.6) is 5.75 Å². The number of anilines is 1. The molecule has 0 fully saturated rings. The molecule has 2 aromatic carbocycles. The number of rotatable bonds is 4. The third kappa shape index (κ3) is 2.80. The van der Waals surface area contributed by atoms with Crippen LogP contribution < -0.4 is 10.5 Å². The van der Waals surface area contributed by atoms with Gasteiger partial charge >= 0.3 is 0 Å². The quantitative estimate of drug-likeness (QED) is 0.571. The molecule has 0 saturated carbocycles. The Balaban J connectivity index is 1.80. The van der Waals surface area contributed by atoms with Crippen LogP contribution in [0.3, 0.4) is 0 Å². The number of nitrogens with one attached hydrogen (secondary N) is 1. The molecule has 0 aliphatic heterocycles. The summed E-state index contributed by atoms with van der Waals surface area (Å²) in [6.45, 7) is 0. The van der Waals surface area contributed by atoms with Gasteiger partial charge in [0, 0.05) is 17.4 Å². The topological polar surface area (TPSA) is 63.9 Å². The minimum Gasteiger partial charge on any atom is -0.497 e. The number of ether oxygens (including phenoxy) is 1. The molecule has 0 amide bonds.